The second kappa shape index (κ2) is 5.83. The van der Waals surface area contributed by atoms with E-state index in [-0.39, 0.29) is 0 Å². The second-order valence-electron chi connectivity index (χ2n) is 2.59. The van der Waals surface area contributed by atoms with Gasteiger partial charge in [0.25, 0.3) is 0 Å². The van der Waals surface area contributed by atoms with Crippen molar-refractivity contribution in [2.24, 2.45) is 0 Å². The van der Waals surface area contributed by atoms with Crippen LogP contribution in [-0.4, -0.2) is 24.5 Å². The molecular weight excluding hydrogens is 184 g/mol. The van der Waals surface area contributed by atoms with Crippen LogP contribution in [0.1, 0.15) is 5.56 Å². The van der Waals surface area contributed by atoms with Crippen LogP contribution in [0.25, 0.3) is 0 Å². The predicted octanol–water partition coefficient (Wildman–Crippen LogP) is 1.54. The van der Waals surface area contributed by atoms with E-state index in [4.69, 9.17) is 10.5 Å². The maximum atomic E-state index is 5.68. The highest BCUT2D eigenvalue weighted by atomic mass is 32.2. The summed E-state index contributed by atoms with van der Waals surface area (Å²) in [6.45, 7) is 0.783. The molecule has 0 amide bonds. The Hall–Kier alpha value is -0.740. The van der Waals surface area contributed by atoms with Gasteiger partial charge in [0, 0.05) is 30.4 Å². The normalized spacial score (nSPS) is 10.2. The summed E-state index contributed by atoms with van der Waals surface area (Å²) in [6.07, 6.45) is 1.71. The van der Waals surface area contributed by atoms with Gasteiger partial charge in [-0.2, -0.15) is 11.8 Å². The third kappa shape index (κ3) is 3.65. The quantitative estimate of drug-likeness (QED) is 0.729. The van der Waals surface area contributed by atoms with Crippen LogP contribution in [0.2, 0.25) is 0 Å². The third-order valence-electron chi connectivity index (χ3n) is 1.62. The van der Waals surface area contributed by atoms with Crippen molar-refractivity contribution < 1.29 is 4.74 Å². The molecule has 0 spiro atoms. The van der Waals surface area contributed by atoms with E-state index in [1.807, 2.05) is 12.1 Å². The van der Waals surface area contributed by atoms with Crippen molar-refractivity contribution in [3.8, 4) is 0 Å². The number of pyridine rings is 1. The zero-order chi connectivity index (χ0) is 9.52. The standard InChI is InChI=1S/C9H14N2OS/c1-12-5-6-13-7-8-3-2-4-11-9(8)10/h2-4H,5-7H2,1H3,(H2,10,11). The van der Waals surface area contributed by atoms with E-state index in [1.54, 1.807) is 25.1 Å². The third-order valence-corrected chi connectivity index (χ3v) is 2.59. The van der Waals surface area contributed by atoms with Gasteiger partial charge < -0.3 is 10.5 Å². The topological polar surface area (TPSA) is 48.1 Å². The average Bonchev–Trinajstić information content (AvgIpc) is 2.15. The molecule has 4 heteroatoms. The number of rotatable bonds is 5. The van der Waals surface area contributed by atoms with Gasteiger partial charge in [0.05, 0.1) is 6.61 Å². The van der Waals surface area contributed by atoms with Gasteiger partial charge in [-0.05, 0) is 6.07 Å². The Kier molecular flexibility index (Phi) is 4.64. The van der Waals surface area contributed by atoms with E-state index in [0.717, 1.165) is 23.7 Å². The highest BCUT2D eigenvalue weighted by molar-refractivity contribution is 7.98. The van der Waals surface area contributed by atoms with Crippen molar-refractivity contribution in [3.63, 3.8) is 0 Å². The molecule has 1 aromatic heterocycles. The van der Waals surface area contributed by atoms with Crippen LogP contribution in [0.5, 0.6) is 0 Å². The van der Waals surface area contributed by atoms with Gasteiger partial charge in [-0.1, -0.05) is 6.07 Å². The van der Waals surface area contributed by atoms with Crippen LogP contribution in [0.15, 0.2) is 18.3 Å². The molecule has 3 nitrogen and oxygen atoms in total. The summed E-state index contributed by atoms with van der Waals surface area (Å²) in [5, 5.41) is 0. The van der Waals surface area contributed by atoms with E-state index < -0.39 is 0 Å². The van der Waals surface area contributed by atoms with Crippen LogP contribution >= 0.6 is 11.8 Å². The van der Waals surface area contributed by atoms with Gasteiger partial charge in [-0.3, -0.25) is 0 Å². The van der Waals surface area contributed by atoms with Gasteiger partial charge in [0.15, 0.2) is 0 Å². The Morgan fingerprint density at radius 2 is 2.46 bits per heavy atom. The van der Waals surface area contributed by atoms with E-state index in [9.17, 15) is 0 Å². The minimum Gasteiger partial charge on any atom is -0.384 e. The van der Waals surface area contributed by atoms with Crippen molar-refractivity contribution in [1.29, 1.82) is 0 Å². The van der Waals surface area contributed by atoms with Crippen molar-refractivity contribution in [2.75, 3.05) is 25.2 Å². The van der Waals surface area contributed by atoms with Crippen LogP contribution in [0, 0.1) is 0 Å². The lowest BCUT2D eigenvalue weighted by atomic mass is 10.3. The predicted molar refractivity (Wildman–Crippen MR) is 56.7 cm³/mol. The Bertz CT molecular complexity index is 255. The lowest BCUT2D eigenvalue weighted by Crippen LogP contribution is -1.97. The molecule has 0 aliphatic heterocycles. The van der Waals surface area contributed by atoms with E-state index >= 15 is 0 Å². The average molecular weight is 198 g/mol. The van der Waals surface area contributed by atoms with Crippen LogP contribution in [0.4, 0.5) is 5.82 Å². The Balaban J connectivity index is 2.32. The van der Waals surface area contributed by atoms with Gasteiger partial charge in [-0.15, -0.1) is 0 Å². The zero-order valence-corrected chi connectivity index (χ0v) is 8.51. The van der Waals surface area contributed by atoms with Gasteiger partial charge >= 0.3 is 0 Å². The molecule has 0 aromatic carbocycles. The monoisotopic (exact) mass is 198 g/mol. The number of thioether (sulfide) groups is 1. The molecule has 0 aliphatic rings. The molecule has 0 aliphatic carbocycles. The molecule has 72 valence electrons. The largest absolute Gasteiger partial charge is 0.384 e. The molecular formula is C9H14N2OS. The Morgan fingerprint density at radius 3 is 3.15 bits per heavy atom. The molecule has 0 fully saturated rings. The number of nitrogens with zero attached hydrogens (tertiary/aromatic N) is 1. The number of aromatic nitrogens is 1. The number of methoxy groups -OCH3 is 1. The molecule has 0 saturated carbocycles. The molecule has 1 aromatic rings. The number of hydrogen-bond donors (Lipinski definition) is 1. The molecule has 13 heavy (non-hydrogen) atoms. The smallest absolute Gasteiger partial charge is 0.127 e. The number of nitrogens with two attached hydrogens (primary N) is 1. The molecule has 0 unspecified atom stereocenters. The fraction of sp³-hybridized carbons (Fsp3) is 0.444. The lowest BCUT2D eigenvalue weighted by molar-refractivity contribution is 0.218. The van der Waals surface area contributed by atoms with E-state index in [1.165, 1.54) is 0 Å². The van der Waals surface area contributed by atoms with E-state index in [0.29, 0.717) is 5.82 Å². The first kappa shape index (κ1) is 10.3. The first-order valence-corrected chi connectivity index (χ1v) is 5.26. The first-order chi connectivity index (χ1) is 6.34. The van der Waals surface area contributed by atoms with E-state index in [2.05, 4.69) is 4.98 Å². The number of ether oxygens (including phenoxy) is 1. The molecule has 0 bridgehead atoms. The Labute approximate surface area is 82.7 Å². The van der Waals surface area contributed by atoms with Crippen LogP contribution in [-0.2, 0) is 10.5 Å². The van der Waals surface area contributed by atoms with Crippen molar-refractivity contribution >= 4 is 17.6 Å². The summed E-state index contributed by atoms with van der Waals surface area (Å²) in [5.41, 5.74) is 6.78. The fourth-order valence-corrected chi connectivity index (χ4v) is 1.79. The van der Waals surface area contributed by atoms with Crippen LogP contribution in [0.3, 0.4) is 0 Å². The number of anilines is 1. The maximum absolute atomic E-state index is 5.68. The molecule has 1 heterocycles. The second-order valence-corrected chi connectivity index (χ2v) is 3.70. The maximum Gasteiger partial charge on any atom is 0.127 e. The van der Waals surface area contributed by atoms with Crippen molar-refractivity contribution in [1.82, 2.24) is 4.98 Å². The van der Waals surface area contributed by atoms with Crippen molar-refractivity contribution in [3.05, 3.63) is 23.9 Å². The van der Waals surface area contributed by atoms with Crippen molar-refractivity contribution in [2.45, 2.75) is 5.75 Å². The number of hydrogen-bond acceptors (Lipinski definition) is 4. The number of nitrogen functional groups attached to an aromatic ring is 1. The summed E-state index contributed by atoms with van der Waals surface area (Å²) >= 11 is 1.80. The highest BCUT2D eigenvalue weighted by Gasteiger charge is 1.98. The molecule has 0 saturated heterocycles. The van der Waals surface area contributed by atoms with Gasteiger partial charge in [0.2, 0.25) is 0 Å². The lowest BCUT2D eigenvalue weighted by Gasteiger charge is -2.03. The summed E-state index contributed by atoms with van der Waals surface area (Å²) in [4.78, 5) is 4.01. The minimum absolute atomic E-state index is 0.632. The summed E-state index contributed by atoms with van der Waals surface area (Å²) in [5.74, 6) is 2.53. The highest BCUT2D eigenvalue weighted by Crippen LogP contribution is 2.15. The molecule has 2 N–H and O–H groups in total. The first-order valence-electron chi connectivity index (χ1n) is 4.10. The Morgan fingerprint density at radius 1 is 1.62 bits per heavy atom. The zero-order valence-electron chi connectivity index (χ0n) is 7.69. The molecule has 1 rings (SSSR count). The van der Waals surface area contributed by atoms with Gasteiger partial charge in [0.1, 0.15) is 5.82 Å². The minimum atomic E-state index is 0.632. The SMILES string of the molecule is COCCSCc1cccnc1N. The molecule has 0 atom stereocenters. The fourth-order valence-electron chi connectivity index (χ4n) is 0.897. The summed E-state index contributed by atoms with van der Waals surface area (Å²) in [6, 6.07) is 3.91. The summed E-state index contributed by atoms with van der Waals surface area (Å²) < 4.78 is 4.94. The van der Waals surface area contributed by atoms with Gasteiger partial charge in [-0.25, -0.2) is 4.98 Å². The summed E-state index contributed by atoms with van der Waals surface area (Å²) in [7, 11) is 1.71. The van der Waals surface area contributed by atoms with Crippen LogP contribution < -0.4 is 5.73 Å². The molecule has 0 radical (unpaired) electrons.